The van der Waals surface area contributed by atoms with Crippen molar-refractivity contribution in [3.63, 3.8) is 0 Å². The molecule has 4 nitrogen and oxygen atoms in total. The lowest BCUT2D eigenvalue weighted by Gasteiger charge is -2.07. The summed E-state index contributed by atoms with van der Waals surface area (Å²) in [5, 5.41) is 3.30. The Morgan fingerprint density at radius 3 is 2.60 bits per heavy atom. The molecule has 1 heterocycles. The Morgan fingerprint density at radius 1 is 1.10 bits per heavy atom. The summed E-state index contributed by atoms with van der Waals surface area (Å²) in [5.41, 5.74) is 2.18. The summed E-state index contributed by atoms with van der Waals surface area (Å²) in [6, 6.07) is 8.05. The normalized spacial score (nSPS) is 10.5. The Balaban J connectivity index is 1.99. The Kier molecular flexibility index (Phi) is 5.50. The van der Waals surface area contributed by atoms with Crippen LogP contribution in [0.1, 0.15) is 31.5 Å². The molecule has 0 unspecified atom stereocenters. The molecule has 106 valence electrons. The summed E-state index contributed by atoms with van der Waals surface area (Å²) in [5.74, 6) is 1.32. The zero-order chi connectivity index (χ0) is 14.2. The van der Waals surface area contributed by atoms with Crippen molar-refractivity contribution >= 4 is 0 Å². The summed E-state index contributed by atoms with van der Waals surface area (Å²) >= 11 is 0. The van der Waals surface area contributed by atoms with E-state index in [4.69, 9.17) is 4.74 Å². The first kappa shape index (κ1) is 14.5. The van der Waals surface area contributed by atoms with Crippen LogP contribution in [0, 0.1) is 0 Å². The first-order chi connectivity index (χ1) is 9.81. The van der Waals surface area contributed by atoms with E-state index in [1.54, 1.807) is 12.4 Å². The standard InChI is InChI=1S/C16H21N3O/c1-3-9-17-10-14-11-18-12-16(19-14)20-15-7-5-13(4-2)6-8-15/h5-8,11-12,17H,3-4,9-10H2,1-2H3. The van der Waals surface area contributed by atoms with E-state index < -0.39 is 0 Å². The molecule has 0 amide bonds. The molecule has 1 aromatic carbocycles. The molecule has 0 fully saturated rings. The van der Waals surface area contributed by atoms with Crippen molar-refractivity contribution in [2.75, 3.05) is 6.54 Å². The zero-order valence-corrected chi connectivity index (χ0v) is 12.1. The summed E-state index contributed by atoms with van der Waals surface area (Å²) < 4.78 is 5.72. The highest BCUT2D eigenvalue weighted by atomic mass is 16.5. The molecule has 0 radical (unpaired) electrons. The second-order valence-electron chi connectivity index (χ2n) is 4.62. The van der Waals surface area contributed by atoms with Crippen LogP contribution in [-0.2, 0) is 13.0 Å². The quantitative estimate of drug-likeness (QED) is 0.785. The summed E-state index contributed by atoms with van der Waals surface area (Å²) in [6.07, 6.45) is 5.53. The average Bonchev–Trinajstić information content (AvgIpc) is 2.49. The van der Waals surface area contributed by atoms with Gasteiger partial charge in [-0.1, -0.05) is 26.0 Å². The molecule has 2 aromatic rings. The molecule has 0 aliphatic heterocycles. The fraction of sp³-hybridized carbons (Fsp3) is 0.375. The minimum absolute atomic E-state index is 0.532. The van der Waals surface area contributed by atoms with Gasteiger partial charge >= 0.3 is 0 Å². The zero-order valence-electron chi connectivity index (χ0n) is 12.1. The maximum absolute atomic E-state index is 5.72. The Labute approximate surface area is 120 Å². The lowest BCUT2D eigenvalue weighted by atomic mass is 10.2. The van der Waals surface area contributed by atoms with Gasteiger partial charge in [0.1, 0.15) is 5.75 Å². The molecule has 0 aliphatic rings. The van der Waals surface area contributed by atoms with E-state index in [0.717, 1.165) is 30.8 Å². The first-order valence-electron chi connectivity index (χ1n) is 7.10. The van der Waals surface area contributed by atoms with Crippen LogP contribution in [0.5, 0.6) is 11.6 Å². The van der Waals surface area contributed by atoms with Crippen molar-refractivity contribution in [1.82, 2.24) is 15.3 Å². The summed E-state index contributed by atoms with van der Waals surface area (Å²) in [4.78, 5) is 8.60. The van der Waals surface area contributed by atoms with Gasteiger partial charge < -0.3 is 10.1 Å². The van der Waals surface area contributed by atoms with Crippen molar-refractivity contribution < 1.29 is 4.74 Å². The maximum Gasteiger partial charge on any atom is 0.238 e. The van der Waals surface area contributed by atoms with Crippen LogP contribution in [0.25, 0.3) is 0 Å². The smallest absolute Gasteiger partial charge is 0.238 e. The number of ether oxygens (including phenoxy) is 1. The minimum Gasteiger partial charge on any atom is -0.437 e. The van der Waals surface area contributed by atoms with E-state index in [0.29, 0.717) is 12.4 Å². The van der Waals surface area contributed by atoms with Gasteiger partial charge in [0.15, 0.2) is 0 Å². The summed E-state index contributed by atoms with van der Waals surface area (Å²) in [6.45, 7) is 5.96. The lowest BCUT2D eigenvalue weighted by molar-refractivity contribution is 0.456. The highest BCUT2D eigenvalue weighted by molar-refractivity contribution is 5.30. The molecule has 0 saturated carbocycles. The second kappa shape index (κ2) is 7.60. The van der Waals surface area contributed by atoms with Gasteiger partial charge in [-0.05, 0) is 37.1 Å². The van der Waals surface area contributed by atoms with Crippen LogP contribution in [-0.4, -0.2) is 16.5 Å². The van der Waals surface area contributed by atoms with Gasteiger partial charge in [0, 0.05) is 12.7 Å². The molecule has 1 N–H and O–H groups in total. The molecular formula is C16H21N3O. The van der Waals surface area contributed by atoms with E-state index in [1.807, 2.05) is 12.1 Å². The molecule has 4 heteroatoms. The molecule has 0 bridgehead atoms. The fourth-order valence-corrected chi connectivity index (χ4v) is 1.83. The largest absolute Gasteiger partial charge is 0.437 e. The van der Waals surface area contributed by atoms with Crippen molar-refractivity contribution in [1.29, 1.82) is 0 Å². The van der Waals surface area contributed by atoms with Gasteiger partial charge in [0.2, 0.25) is 5.88 Å². The van der Waals surface area contributed by atoms with Crippen LogP contribution >= 0.6 is 0 Å². The predicted octanol–water partition coefficient (Wildman–Crippen LogP) is 3.33. The van der Waals surface area contributed by atoms with E-state index in [-0.39, 0.29) is 0 Å². The van der Waals surface area contributed by atoms with Gasteiger partial charge in [0.05, 0.1) is 11.9 Å². The van der Waals surface area contributed by atoms with Crippen LogP contribution in [0.2, 0.25) is 0 Å². The van der Waals surface area contributed by atoms with Crippen molar-refractivity contribution in [2.45, 2.75) is 33.2 Å². The highest BCUT2D eigenvalue weighted by Crippen LogP contribution is 2.19. The number of hydrogen-bond acceptors (Lipinski definition) is 4. The van der Waals surface area contributed by atoms with Crippen LogP contribution in [0.15, 0.2) is 36.7 Å². The van der Waals surface area contributed by atoms with E-state index in [9.17, 15) is 0 Å². The van der Waals surface area contributed by atoms with Crippen LogP contribution in [0.4, 0.5) is 0 Å². The molecule has 0 spiro atoms. The van der Waals surface area contributed by atoms with Crippen LogP contribution < -0.4 is 10.1 Å². The average molecular weight is 271 g/mol. The minimum atomic E-state index is 0.532. The summed E-state index contributed by atoms with van der Waals surface area (Å²) in [7, 11) is 0. The van der Waals surface area contributed by atoms with E-state index >= 15 is 0 Å². The molecule has 0 aliphatic carbocycles. The Morgan fingerprint density at radius 2 is 1.90 bits per heavy atom. The van der Waals surface area contributed by atoms with Crippen molar-refractivity contribution in [3.8, 4) is 11.6 Å². The number of nitrogens with zero attached hydrogens (tertiary/aromatic N) is 2. The third kappa shape index (κ3) is 4.31. The number of aryl methyl sites for hydroxylation is 1. The Hall–Kier alpha value is -1.94. The monoisotopic (exact) mass is 271 g/mol. The van der Waals surface area contributed by atoms with Gasteiger partial charge in [-0.25, -0.2) is 4.98 Å². The van der Waals surface area contributed by atoms with Gasteiger partial charge in [-0.3, -0.25) is 4.98 Å². The van der Waals surface area contributed by atoms with E-state index in [1.165, 1.54) is 5.56 Å². The third-order valence-electron chi connectivity index (χ3n) is 2.95. The predicted molar refractivity (Wildman–Crippen MR) is 79.9 cm³/mol. The van der Waals surface area contributed by atoms with Crippen molar-refractivity contribution in [2.24, 2.45) is 0 Å². The van der Waals surface area contributed by atoms with Gasteiger partial charge in [-0.15, -0.1) is 0 Å². The number of hydrogen-bond donors (Lipinski definition) is 1. The number of nitrogens with one attached hydrogen (secondary N) is 1. The molecule has 0 atom stereocenters. The molecule has 20 heavy (non-hydrogen) atoms. The fourth-order valence-electron chi connectivity index (χ4n) is 1.83. The number of aromatic nitrogens is 2. The maximum atomic E-state index is 5.72. The topological polar surface area (TPSA) is 47.0 Å². The third-order valence-corrected chi connectivity index (χ3v) is 2.95. The molecule has 1 aromatic heterocycles. The van der Waals surface area contributed by atoms with E-state index in [2.05, 4.69) is 41.3 Å². The Bertz CT molecular complexity index is 526. The highest BCUT2D eigenvalue weighted by Gasteiger charge is 2.02. The second-order valence-corrected chi connectivity index (χ2v) is 4.62. The molecule has 0 saturated heterocycles. The van der Waals surface area contributed by atoms with Gasteiger partial charge in [-0.2, -0.15) is 0 Å². The van der Waals surface area contributed by atoms with Crippen LogP contribution in [0.3, 0.4) is 0 Å². The first-order valence-corrected chi connectivity index (χ1v) is 7.10. The number of rotatable bonds is 7. The molecular weight excluding hydrogens is 250 g/mol. The van der Waals surface area contributed by atoms with Gasteiger partial charge in [0.25, 0.3) is 0 Å². The van der Waals surface area contributed by atoms with Crippen molar-refractivity contribution in [3.05, 3.63) is 47.9 Å². The molecule has 2 rings (SSSR count). The number of benzene rings is 1. The lowest BCUT2D eigenvalue weighted by Crippen LogP contribution is -2.15. The SMILES string of the molecule is CCCNCc1cncc(Oc2ccc(CC)cc2)n1.